The van der Waals surface area contributed by atoms with Gasteiger partial charge in [-0.05, 0) is 28.8 Å². The van der Waals surface area contributed by atoms with Crippen LogP contribution in [0.3, 0.4) is 0 Å². The Morgan fingerprint density at radius 1 is 0.957 bits per heavy atom. The number of piperazine rings is 1. The van der Waals surface area contributed by atoms with Crippen LogP contribution in [-0.2, 0) is 0 Å². The summed E-state index contributed by atoms with van der Waals surface area (Å²) in [5.74, 6) is 1.17. The molecule has 8 heteroatoms. The molecule has 6 nitrogen and oxygen atoms in total. The molecule has 2 aromatic heterocycles. The first-order valence-corrected chi connectivity index (χ1v) is 8.49. The molecular weight excluding hydrogens is 363 g/mol. The topological polar surface area (TPSA) is 58.0 Å². The lowest BCUT2D eigenvalue weighted by Gasteiger charge is -2.35. The van der Waals surface area contributed by atoms with E-state index in [1.54, 1.807) is 12.4 Å². The second-order valence-electron chi connectivity index (χ2n) is 5.85. The summed E-state index contributed by atoms with van der Waals surface area (Å²) in [6.45, 7) is 2.86. The fourth-order valence-electron chi connectivity index (χ4n) is 2.82. The van der Waals surface area contributed by atoms with Crippen molar-refractivity contribution in [3.63, 3.8) is 0 Å². The molecular formula is C15H16BrFN6. The van der Waals surface area contributed by atoms with Crippen molar-refractivity contribution in [2.75, 3.05) is 36.0 Å². The van der Waals surface area contributed by atoms with Gasteiger partial charge in [-0.2, -0.15) is 0 Å². The molecule has 4 rings (SSSR count). The fraction of sp³-hybridized carbons (Fsp3) is 0.467. The Kier molecular flexibility index (Phi) is 3.84. The summed E-state index contributed by atoms with van der Waals surface area (Å²) < 4.78 is 15.5. The molecule has 3 heterocycles. The molecule has 0 N–H and O–H groups in total. The molecule has 2 fully saturated rings. The highest BCUT2D eigenvalue weighted by atomic mass is 79.9. The minimum atomic E-state index is -0.247. The van der Waals surface area contributed by atoms with E-state index in [1.165, 1.54) is 6.33 Å². The predicted molar refractivity (Wildman–Crippen MR) is 88.1 cm³/mol. The van der Waals surface area contributed by atoms with Crippen LogP contribution < -0.4 is 9.80 Å². The van der Waals surface area contributed by atoms with Crippen molar-refractivity contribution in [3.8, 4) is 0 Å². The zero-order valence-corrected chi connectivity index (χ0v) is 14.1. The lowest BCUT2D eigenvalue weighted by Crippen LogP contribution is -2.47. The summed E-state index contributed by atoms with van der Waals surface area (Å²) in [4.78, 5) is 21.0. The van der Waals surface area contributed by atoms with Crippen LogP contribution in [0.15, 0.2) is 23.2 Å². The summed E-state index contributed by atoms with van der Waals surface area (Å²) in [6.07, 6.45) is 7.02. The standard InChI is InChI=1S/C15H16BrFN6/c16-11-7-18-15(19-8-11)23-5-3-22(4-6-23)14-12(17)13(10-1-2-10)20-9-21-14/h7-10H,1-6H2. The third-order valence-electron chi connectivity index (χ3n) is 4.23. The van der Waals surface area contributed by atoms with Gasteiger partial charge in [-0.15, -0.1) is 0 Å². The maximum atomic E-state index is 14.6. The molecule has 0 amide bonds. The molecule has 1 saturated heterocycles. The number of aromatic nitrogens is 4. The Bertz CT molecular complexity index is 698. The Balaban J connectivity index is 1.47. The number of rotatable bonds is 3. The molecule has 2 aliphatic rings. The average Bonchev–Trinajstić information content (AvgIpc) is 3.41. The Morgan fingerprint density at radius 2 is 1.61 bits per heavy atom. The van der Waals surface area contributed by atoms with E-state index >= 15 is 0 Å². The zero-order valence-electron chi connectivity index (χ0n) is 12.5. The van der Waals surface area contributed by atoms with E-state index in [4.69, 9.17) is 0 Å². The summed E-state index contributed by atoms with van der Waals surface area (Å²) in [5.41, 5.74) is 0.577. The SMILES string of the molecule is Fc1c(C2CC2)ncnc1N1CCN(c2ncc(Br)cn2)CC1. The molecule has 0 unspecified atom stereocenters. The van der Waals surface area contributed by atoms with Crippen molar-refractivity contribution in [1.82, 2.24) is 19.9 Å². The molecule has 120 valence electrons. The quantitative estimate of drug-likeness (QED) is 0.816. The first-order valence-electron chi connectivity index (χ1n) is 7.70. The second kappa shape index (κ2) is 5.99. The molecule has 0 atom stereocenters. The van der Waals surface area contributed by atoms with Crippen molar-refractivity contribution < 1.29 is 4.39 Å². The van der Waals surface area contributed by atoms with E-state index < -0.39 is 0 Å². The fourth-order valence-corrected chi connectivity index (χ4v) is 3.03. The largest absolute Gasteiger partial charge is 0.351 e. The Morgan fingerprint density at radius 3 is 2.26 bits per heavy atom. The summed E-state index contributed by atoms with van der Waals surface area (Å²) in [5, 5.41) is 0. The van der Waals surface area contributed by atoms with Crippen molar-refractivity contribution in [2.45, 2.75) is 18.8 Å². The maximum Gasteiger partial charge on any atom is 0.225 e. The first kappa shape index (κ1) is 14.7. The van der Waals surface area contributed by atoms with Crippen molar-refractivity contribution in [3.05, 3.63) is 34.7 Å². The van der Waals surface area contributed by atoms with Crippen molar-refractivity contribution >= 4 is 27.7 Å². The van der Waals surface area contributed by atoms with Gasteiger partial charge in [-0.1, -0.05) is 0 Å². The Labute approximate surface area is 141 Å². The smallest absolute Gasteiger partial charge is 0.225 e. The van der Waals surface area contributed by atoms with Crippen LogP contribution in [0.25, 0.3) is 0 Å². The highest BCUT2D eigenvalue weighted by Gasteiger charge is 2.31. The normalized spacial score (nSPS) is 18.3. The van der Waals surface area contributed by atoms with Gasteiger partial charge in [-0.3, -0.25) is 0 Å². The van der Waals surface area contributed by atoms with Crippen LogP contribution in [0.1, 0.15) is 24.5 Å². The van der Waals surface area contributed by atoms with E-state index in [-0.39, 0.29) is 11.7 Å². The van der Waals surface area contributed by atoms with Gasteiger partial charge in [-0.25, -0.2) is 24.3 Å². The average molecular weight is 379 g/mol. The Hall–Kier alpha value is -1.83. The van der Waals surface area contributed by atoms with E-state index in [0.717, 1.165) is 30.4 Å². The van der Waals surface area contributed by atoms with Gasteiger partial charge in [0.2, 0.25) is 5.95 Å². The number of hydrogen-bond donors (Lipinski definition) is 0. The maximum absolute atomic E-state index is 14.6. The number of nitrogens with zero attached hydrogens (tertiary/aromatic N) is 6. The van der Waals surface area contributed by atoms with Gasteiger partial charge >= 0.3 is 0 Å². The highest BCUT2D eigenvalue weighted by Crippen LogP contribution is 2.41. The third-order valence-corrected chi connectivity index (χ3v) is 4.64. The van der Waals surface area contributed by atoms with Crippen LogP contribution in [-0.4, -0.2) is 46.1 Å². The lowest BCUT2D eigenvalue weighted by molar-refractivity contribution is 0.565. The van der Waals surface area contributed by atoms with E-state index in [2.05, 4.69) is 40.8 Å². The van der Waals surface area contributed by atoms with Gasteiger partial charge in [0.1, 0.15) is 6.33 Å². The monoisotopic (exact) mass is 378 g/mol. The molecule has 23 heavy (non-hydrogen) atoms. The molecule has 0 spiro atoms. The highest BCUT2D eigenvalue weighted by molar-refractivity contribution is 9.10. The zero-order chi connectivity index (χ0) is 15.8. The number of anilines is 2. The van der Waals surface area contributed by atoms with E-state index in [0.29, 0.717) is 30.5 Å². The van der Waals surface area contributed by atoms with Crippen molar-refractivity contribution in [2.24, 2.45) is 0 Å². The van der Waals surface area contributed by atoms with Crippen LogP contribution in [0.4, 0.5) is 16.2 Å². The van der Waals surface area contributed by atoms with Gasteiger partial charge in [0.05, 0.1) is 10.2 Å². The number of halogens is 2. The van der Waals surface area contributed by atoms with E-state index in [1.807, 2.05) is 4.90 Å². The molecule has 2 aromatic rings. The summed E-state index contributed by atoms with van der Waals surface area (Å²) in [7, 11) is 0. The molecule has 1 aliphatic carbocycles. The molecule has 0 radical (unpaired) electrons. The molecule has 1 aliphatic heterocycles. The van der Waals surface area contributed by atoms with Crippen LogP contribution in [0.5, 0.6) is 0 Å². The van der Waals surface area contributed by atoms with Crippen molar-refractivity contribution in [1.29, 1.82) is 0 Å². The predicted octanol–water partition coefficient (Wildman–Crippen LogP) is 2.37. The second-order valence-corrected chi connectivity index (χ2v) is 6.76. The summed E-state index contributed by atoms with van der Waals surface area (Å²) in [6, 6.07) is 0. The van der Waals surface area contributed by atoms with Gasteiger partial charge in [0.25, 0.3) is 0 Å². The van der Waals surface area contributed by atoms with Crippen LogP contribution >= 0.6 is 15.9 Å². The third kappa shape index (κ3) is 2.99. The minimum absolute atomic E-state index is 0.247. The van der Waals surface area contributed by atoms with Crippen LogP contribution in [0, 0.1) is 5.82 Å². The van der Waals surface area contributed by atoms with Gasteiger partial charge < -0.3 is 9.80 Å². The van der Waals surface area contributed by atoms with E-state index in [9.17, 15) is 4.39 Å². The lowest BCUT2D eigenvalue weighted by atomic mass is 10.2. The van der Waals surface area contributed by atoms with Gasteiger partial charge in [0, 0.05) is 44.5 Å². The van der Waals surface area contributed by atoms with Crippen LogP contribution in [0.2, 0.25) is 0 Å². The molecule has 0 aromatic carbocycles. The molecule has 1 saturated carbocycles. The van der Waals surface area contributed by atoms with Gasteiger partial charge in [0.15, 0.2) is 11.6 Å². The molecule has 0 bridgehead atoms. The minimum Gasteiger partial charge on any atom is -0.351 e. The summed E-state index contributed by atoms with van der Waals surface area (Å²) >= 11 is 3.33. The first-order chi connectivity index (χ1) is 11.2. The number of hydrogen-bond acceptors (Lipinski definition) is 6.